The minimum Gasteiger partial charge on any atom is -0.375 e. The lowest BCUT2D eigenvalue weighted by Crippen LogP contribution is -2.26. The van der Waals surface area contributed by atoms with Crippen LogP contribution in [-0.4, -0.2) is 34.3 Å². The largest absolute Gasteiger partial charge is 0.405 e. The Kier molecular flexibility index (Phi) is 4.84. The van der Waals surface area contributed by atoms with Gasteiger partial charge in [-0.25, -0.2) is 9.78 Å². The molecule has 0 saturated heterocycles. The summed E-state index contributed by atoms with van der Waals surface area (Å²) in [5, 5.41) is 9.25. The Bertz CT molecular complexity index is 1420. The molecule has 0 spiro atoms. The SMILES string of the molecule is N#Cc1ccc2[nH]c(=O)nc(N3CCOCc4c(C#CC5(C(F)(F)F)CC5)cccc43)c2n1. The summed E-state index contributed by atoms with van der Waals surface area (Å²) in [6, 6.07) is 10.2. The van der Waals surface area contributed by atoms with E-state index in [2.05, 4.69) is 26.8 Å². The van der Waals surface area contributed by atoms with Crippen molar-refractivity contribution >= 4 is 22.5 Å². The van der Waals surface area contributed by atoms with Crippen molar-refractivity contribution < 1.29 is 17.9 Å². The van der Waals surface area contributed by atoms with E-state index in [1.54, 1.807) is 29.2 Å². The molecular formula is C23H16F3N5O2. The zero-order valence-electron chi connectivity index (χ0n) is 17.2. The minimum atomic E-state index is -4.37. The van der Waals surface area contributed by atoms with Crippen LogP contribution in [-0.2, 0) is 11.3 Å². The summed E-state index contributed by atoms with van der Waals surface area (Å²) in [4.78, 5) is 25.0. The molecular weight excluding hydrogens is 435 g/mol. The van der Waals surface area contributed by atoms with Crippen molar-refractivity contribution in [1.29, 1.82) is 5.26 Å². The van der Waals surface area contributed by atoms with Crippen molar-refractivity contribution in [3.05, 3.63) is 57.6 Å². The van der Waals surface area contributed by atoms with Gasteiger partial charge in [-0.15, -0.1) is 0 Å². The summed E-state index contributed by atoms with van der Waals surface area (Å²) in [6.07, 6.45) is -4.38. The maximum Gasteiger partial charge on any atom is 0.405 e. The first-order valence-corrected chi connectivity index (χ1v) is 10.2. The molecule has 0 atom stereocenters. The third-order valence-corrected chi connectivity index (χ3v) is 5.80. The number of hydrogen-bond donors (Lipinski definition) is 1. The Morgan fingerprint density at radius 2 is 2.00 bits per heavy atom. The van der Waals surface area contributed by atoms with Crippen LogP contribution in [0.25, 0.3) is 11.0 Å². The van der Waals surface area contributed by atoms with Crippen LogP contribution in [0, 0.1) is 28.6 Å². The summed E-state index contributed by atoms with van der Waals surface area (Å²) >= 11 is 0. The number of H-pyrrole nitrogens is 1. The van der Waals surface area contributed by atoms with Crippen LogP contribution >= 0.6 is 0 Å². The molecule has 0 radical (unpaired) electrons. The van der Waals surface area contributed by atoms with E-state index in [4.69, 9.17) is 4.74 Å². The van der Waals surface area contributed by atoms with Crippen molar-refractivity contribution in [2.45, 2.75) is 25.6 Å². The van der Waals surface area contributed by atoms with Crippen LogP contribution < -0.4 is 10.6 Å². The molecule has 0 unspecified atom stereocenters. The average Bonchev–Trinajstić information content (AvgIpc) is 3.61. The highest BCUT2D eigenvalue weighted by Gasteiger charge is 2.62. The van der Waals surface area contributed by atoms with E-state index in [1.165, 1.54) is 6.07 Å². The van der Waals surface area contributed by atoms with Crippen LogP contribution in [0.2, 0.25) is 0 Å². The lowest BCUT2D eigenvalue weighted by atomic mass is 10.0. The van der Waals surface area contributed by atoms with Gasteiger partial charge < -0.3 is 14.6 Å². The number of nitriles is 1. The van der Waals surface area contributed by atoms with E-state index in [-0.39, 0.29) is 37.6 Å². The highest BCUT2D eigenvalue weighted by Crippen LogP contribution is 2.57. The Labute approximate surface area is 185 Å². The van der Waals surface area contributed by atoms with E-state index in [0.717, 1.165) is 0 Å². The average molecular weight is 451 g/mol. The molecule has 3 heterocycles. The molecule has 2 aromatic heterocycles. The molecule has 33 heavy (non-hydrogen) atoms. The molecule has 1 aliphatic carbocycles. The van der Waals surface area contributed by atoms with Crippen LogP contribution in [0.1, 0.15) is 29.7 Å². The Hall–Kier alpha value is -3.89. The smallest absolute Gasteiger partial charge is 0.375 e. The van der Waals surface area contributed by atoms with Crippen molar-refractivity contribution in [1.82, 2.24) is 15.0 Å². The van der Waals surface area contributed by atoms with Gasteiger partial charge in [0.15, 0.2) is 5.82 Å². The Balaban J connectivity index is 1.66. The van der Waals surface area contributed by atoms with Gasteiger partial charge in [0, 0.05) is 23.4 Å². The number of pyridine rings is 1. The predicted molar refractivity (Wildman–Crippen MR) is 113 cm³/mol. The number of benzene rings is 1. The minimum absolute atomic E-state index is 0.00323. The normalized spacial score (nSPS) is 16.8. The second kappa shape index (κ2) is 7.61. The second-order valence-electron chi connectivity index (χ2n) is 7.91. The number of aromatic nitrogens is 3. The van der Waals surface area contributed by atoms with Crippen LogP contribution in [0.4, 0.5) is 24.7 Å². The Morgan fingerprint density at radius 1 is 1.18 bits per heavy atom. The van der Waals surface area contributed by atoms with Crippen molar-refractivity contribution in [3.8, 4) is 17.9 Å². The number of nitrogens with one attached hydrogen (secondary N) is 1. The highest BCUT2D eigenvalue weighted by molar-refractivity contribution is 5.89. The lowest BCUT2D eigenvalue weighted by molar-refractivity contribution is -0.168. The second-order valence-corrected chi connectivity index (χ2v) is 7.91. The van der Waals surface area contributed by atoms with Gasteiger partial charge in [-0.1, -0.05) is 17.9 Å². The fourth-order valence-electron chi connectivity index (χ4n) is 3.83. The van der Waals surface area contributed by atoms with Gasteiger partial charge in [0.05, 0.1) is 18.7 Å². The van der Waals surface area contributed by atoms with Crippen molar-refractivity contribution in [2.24, 2.45) is 5.41 Å². The van der Waals surface area contributed by atoms with E-state index >= 15 is 0 Å². The number of alkyl halides is 3. The molecule has 1 aromatic carbocycles. The van der Waals surface area contributed by atoms with Gasteiger partial charge in [-0.05, 0) is 37.1 Å². The number of ether oxygens (including phenoxy) is 1. The topological polar surface area (TPSA) is 94.9 Å². The number of halogens is 3. The molecule has 0 bridgehead atoms. The maximum atomic E-state index is 13.3. The fraction of sp³-hybridized carbons (Fsp3) is 0.304. The van der Waals surface area contributed by atoms with Gasteiger partial charge in [0.25, 0.3) is 0 Å². The summed E-state index contributed by atoms with van der Waals surface area (Å²) < 4.78 is 45.7. The number of nitrogens with zero attached hydrogens (tertiary/aromatic N) is 4. The first kappa shape index (κ1) is 21.0. The number of anilines is 2. The van der Waals surface area contributed by atoms with Gasteiger partial charge in [-0.2, -0.15) is 23.4 Å². The summed E-state index contributed by atoms with van der Waals surface area (Å²) in [5.41, 5.74) is 0.00217. The number of rotatable bonds is 1. The summed E-state index contributed by atoms with van der Waals surface area (Å²) in [7, 11) is 0. The Morgan fingerprint density at radius 3 is 2.73 bits per heavy atom. The predicted octanol–water partition coefficient (Wildman–Crippen LogP) is 3.55. The van der Waals surface area contributed by atoms with Crippen molar-refractivity contribution in [3.63, 3.8) is 0 Å². The van der Waals surface area contributed by atoms with Gasteiger partial charge in [-0.3, -0.25) is 0 Å². The van der Waals surface area contributed by atoms with E-state index < -0.39 is 17.3 Å². The van der Waals surface area contributed by atoms with E-state index in [0.29, 0.717) is 34.4 Å². The van der Waals surface area contributed by atoms with E-state index in [9.17, 15) is 23.2 Å². The van der Waals surface area contributed by atoms with Crippen LogP contribution in [0.3, 0.4) is 0 Å². The maximum absolute atomic E-state index is 13.3. The first-order chi connectivity index (χ1) is 15.8. The van der Waals surface area contributed by atoms with Crippen molar-refractivity contribution in [2.75, 3.05) is 18.1 Å². The molecule has 10 heteroatoms. The quantitative estimate of drug-likeness (QED) is 0.569. The third kappa shape index (κ3) is 3.69. The lowest BCUT2D eigenvalue weighted by Gasteiger charge is -2.24. The molecule has 0 amide bonds. The molecule has 166 valence electrons. The molecule has 1 saturated carbocycles. The monoisotopic (exact) mass is 451 g/mol. The zero-order chi connectivity index (χ0) is 23.2. The summed E-state index contributed by atoms with van der Waals surface area (Å²) in [6.45, 7) is 0.746. The number of fused-ring (bicyclic) bond motifs is 2. The summed E-state index contributed by atoms with van der Waals surface area (Å²) in [5.74, 6) is 5.40. The van der Waals surface area contributed by atoms with Gasteiger partial charge in [0.2, 0.25) is 0 Å². The number of hydrogen-bond acceptors (Lipinski definition) is 6. The fourth-order valence-corrected chi connectivity index (χ4v) is 3.83. The standard InChI is InChI=1S/C23H16F3N5O2/c24-23(25,26)22(8-9-22)7-6-14-2-1-3-18-16(14)13-33-11-10-31(18)20-19-17(29-21(32)30-20)5-4-15(12-27)28-19/h1-5H,8-11,13H2,(H,29,30,32). The highest BCUT2D eigenvalue weighted by atomic mass is 19.4. The molecule has 1 N–H and O–H groups in total. The molecule has 1 fully saturated rings. The molecule has 5 rings (SSSR count). The van der Waals surface area contributed by atoms with Gasteiger partial charge in [0.1, 0.15) is 22.7 Å². The van der Waals surface area contributed by atoms with E-state index in [1.807, 2.05) is 6.07 Å². The van der Waals surface area contributed by atoms with Crippen LogP contribution in [0.5, 0.6) is 0 Å². The third-order valence-electron chi connectivity index (χ3n) is 5.80. The first-order valence-electron chi connectivity index (χ1n) is 10.2. The zero-order valence-corrected chi connectivity index (χ0v) is 17.2. The van der Waals surface area contributed by atoms with Crippen LogP contribution in [0.15, 0.2) is 35.1 Å². The molecule has 7 nitrogen and oxygen atoms in total. The number of aromatic amines is 1. The molecule has 2 aliphatic rings. The molecule has 3 aromatic rings. The van der Waals surface area contributed by atoms with Gasteiger partial charge >= 0.3 is 11.9 Å². The molecule has 1 aliphatic heterocycles.